The molecule has 2 rings (SSSR count). The van der Waals surface area contributed by atoms with Gasteiger partial charge in [-0.15, -0.1) is 0 Å². The van der Waals surface area contributed by atoms with E-state index in [0.717, 1.165) is 0 Å². The third-order valence-electron chi connectivity index (χ3n) is 3.10. The Kier molecular flexibility index (Phi) is 4.14. The van der Waals surface area contributed by atoms with Crippen LogP contribution in [0, 0.1) is 0 Å². The van der Waals surface area contributed by atoms with E-state index >= 15 is 0 Å². The molecule has 1 N–H and O–H groups in total. The van der Waals surface area contributed by atoms with Gasteiger partial charge in [0.05, 0.1) is 23.3 Å². The van der Waals surface area contributed by atoms with Crippen LogP contribution >= 0.6 is 0 Å². The minimum atomic E-state index is -1.10. The van der Waals surface area contributed by atoms with E-state index in [2.05, 4.69) is 0 Å². The molecular weight excluding hydrogens is 270 g/mol. The van der Waals surface area contributed by atoms with Gasteiger partial charge >= 0.3 is 5.97 Å². The van der Waals surface area contributed by atoms with Crippen LogP contribution in [-0.4, -0.2) is 27.9 Å². The molecule has 0 radical (unpaired) electrons. The lowest BCUT2D eigenvalue weighted by Gasteiger charge is -2.20. The molecule has 0 fully saturated rings. The zero-order valence-corrected chi connectivity index (χ0v) is 12.4. The molecular formula is C16H19NO4. The zero-order valence-electron chi connectivity index (χ0n) is 12.4. The van der Waals surface area contributed by atoms with Gasteiger partial charge in [-0.25, -0.2) is 4.79 Å². The molecule has 0 saturated carbocycles. The number of nitrogens with zero attached hydrogens (tertiary/aromatic N) is 1. The van der Waals surface area contributed by atoms with Gasteiger partial charge in [0.1, 0.15) is 0 Å². The molecule has 1 heterocycles. The van der Waals surface area contributed by atoms with Crippen LogP contribution in [0.2, 0.25) is 0 Å². The topological polar surface area (TPSA) is 68.5 Å². The number of aromatic nitrogens is 1. The van der Waals surface area contributed by atoms with Gasteiger partial charge in [-0.05, 0) is 26.8 Å². The quantitative estimate of drug-likeness (QED) is 0.939. The molecule has 0 saturated heterocycles. The average Bonchev–Trinajstić information content (AvgIpc) is 2.39. The molecule has 112 valence electrons. The Bertz CT molecular complexity index is 725. The summed E-state index contributed by atoms with van der Waals surface area (Å²) in [5.41, 5.74) is 0.0348. The number of carboxylic acid groups (broad SMARTS) is 1. The number of carbonyl (C=O) groups is 1. The number of ether oxygens (including phenoxy) is 1. The van der Waals surface area contributed by atoms with Crippen LogP contribution in [0.1, 0.15) is 31.1 Å². The van der Waals surface area contributed by atoms with Crippen molar-refractivity contribution in [1.29, 1.82) is 0 Å². The fourth-order valence-corrected chi connectivity index (χ4v) is 2.19. The molecule has 0 atom stereocenters. The predicted molar refractivity (Wildman–Crippen MR) is 80.9 cm³/mol. The summed E-state index contributed by atoms with van der Waals surface area (Å²) in [5.74, 6) is -1.10. The normalized spacial score (nSPS) is 11.8. The number of fused-ring (bicyclic) bond motifs is 1. The largest absolute Gasteiger partial charge is 0.478 e. The van der Waals surface area contributed by atoms with E-state index in [1.54, 1.807) is 28.8 Å². The number of benzene rings is 1. The van der Waals surface area contributed by atoms with Gasteiger partial charge in [0.25, 0.3) is 5.56 Å². The Morgan fingerprint density at radius 2 is 1.95 bits per heavy atom. The smallest absolute Gasteiger partial charge is 0.336 e. The standard InChI is InChI=1S/C16H19NO4/c1-16(2,3)21-9-8-17-13-7-5-4-6-11(13)12(15(19)20)10-14(17)18/h4-7,10H,8-9H2,1-3H3,(H,19,20). The Labute approximate surface area is 122 Å². The first-order valence-electron chi connectivity index (χ1n) is 6.79. The Hall–Kier alpha value is -2.14. The van der Waals surface area contributed by atoms with Gasteiger partial charge in [0, 0.05) is 18.0 Å². The van der Waals surface area contributed by atoms with E-state index in [0.29, 0.717) is 24.1 Å². The highest BCUT2D eigenvalue weighted by atomic mass is 16.5. The van der Waals surface area contributed by atoms with Crippen LogP contribution in [0.4, 0.5) is 0 Å². The second kappa shape index (κ2) is 5.69. The third-order valence-corrected chi connectivity index (χ3v) is 3.10. The van der Waals surface area contributed by atoms with E-state index < -0.39 is 5.97 Å². The van der Waals surface area contributed by atoms with Crippen molar-refractivity contribution in [2.75, 3.05) is 6.61 Å². The van der Waals surface area contributed by atoms with Crippen molar-refractivity contribution in [3.8, 4) is 0 Å². The van der Waals surface area contributed by atoms with Crippen molar-refractivity contribution in [2.45, 2.75) is 32.9 Å². The summed E-state index contributed by atoms with van der Waals surface area (Å²) in [6.07, 6.45) is 0. The van der Waals surface area contributed by atoms with Crippen molar-refractivity contribution in [1.82, 2.24) is 4.57 Å². The van der Waals surface area contributed by atoms with E-state index in [1.165, 1.54) is 6.07 Å². The van der Waals surface area contributed by atoms with Crippen LogP contribution in [-0.2, 0) is 11.3 Å². The minimum Gasteiger partial charge on any atom is -0.478 e. The van der Waals surface area contributed by atoms with Gasteiger partial charge < -0.3 is 14.4 Å². The summed E-state index contributed by atoms with van der Waals surface area (Å²) in [7, 11) is 0. The van der Waals surface area contributed by atoms with Crippen LogP contribution in [0.15, 0.2) is 35.1 Å². The molecule has 0 bridgehead atoms. The molecule has 2 aromatic rings. The maximum atomic E-state index is 12.2. The molecule has 0 spiro atoms. The van der Waals surface area contributed by atoms with Gasteiger partial charge in [-0.2, -0.15) is 0 Å². The molecule has 1 aromatic carbocycles. The molecule has 21 heavy (non-hydrogen) atoms. The van der Waals surface area contributed by atoms with Crippen molar-refractivity contribution < 1.29 is 14.6 Å². The second-order valence-corrected chi connectivity index (χ2v) is 5.83. The highest BCUT2D eigenvalue weighted by molar-refractivity contribution is 6.02. The van der Waals surface area contributed by atoms with Crippen molar-refractivity contribution in [3.63, 3.8) is 0 Å². The summed E-state index contributed by atoms with van der Waals surface area (Å²) in [4.78, 5) is 23.4. The molecule has 5 nitrogen and oxygen atoms in total. The summed E-state index contributed by atoms with van der Waals surface area (Å²) in [6, 6.07) is 8.17. The Morgan fingerprint density at radius 3 is 2.57 bits per heavy atom. The molecule has 1 aromatic heterocycles. The second-order valence-electron chi connectivity index (χ2n) is 5.83. The predicted octanol–water partition coefficient (Wildman–Crippen LogP) is 2.51. The van der Waals surface area contributed by atoms with E-state index in [4.69, 9.17) is 4.74 Å². The fourth-order valence-electron chi connectivity index (χ4n) is 2.19. The monoisotopic (exact) mass is 289 g/mol. The Balaban J connectivity index is 2.45. The first-order valence-corrected chi connectivity index (χ1v) is 6.79. The maximum Gasteiger partial charge on any atom is 0.336 e. The number of carboxylic acids is 1. The first-order chi connectivity index (χ1) is 9.79. The molecule has 0 aliphatic rings. The number of rotatable bonds is 4. The van der Waals surface area contributed by atoms with Crippen LogP contribution in [0.25, 0.3) is 10.9 Å². The molecule has 0 unspecified atom stereocenters. The van der Waals surface area contributed by atoms with E-state index in [-0.39, 0.29) is 16.7 Å². The first kappa shape index (κ1) is 15.3. The van der Waals surface area contributed by atoms with Crippen LogP contribution < -0.4 is 5.56 Å². The summed E-state index contributed by atoms with van der Waals surface area (Å²) >= 11 is 0. The average molecular weight is 289 g/mol. The number of para-hydroxylation sites is 1. The lowest BCUT2D eigenvalue weighted by atomic mass is 10.1. The summed E-state index contributed by atoms with van der Waals surface area (Å²) < 4.78 is 7.19. The summed E-state index contributed by atoms with van der Waals surface area (Å²) in [5, 5.41) is 9.76. The van der Waals surface area contributed by atoms with E-state index in [9.17, 15) is 14.7 Å². The molecule has 0 amide bonds. The van der Waals surface area contributed by atoms with Crippen molar-refractivity contribution in [3.05, 3.63) is 46.2 Å². The SMILES string of the molecule is CC(C)(C)OCCn1c(=O)cc(C(=O)O)c2ccccc21. The van der Waals surface area contributed by atoms with Crippen LogP contribution in [0.3, 0.4) is 0 Å². The van der Waals surface area contributed by atoms with Crippen molar-refractivity contribution >= 4 is 16.9 Å². The minimum absolute atomic E-state index is 0.0311. The maximum absolute atomic E-state index is 12.2. The zero-order chi connectivity index (χ0) is 15.6. The van der Waals surface area contributed by atoms with Gasteiger partial charge in [0.15, 0.2) is 0 Å². The number of pyridine rings is 1. The number of hydrogen-bond donors (Lipinski definition) is 1. The van der Waals surface area contributed by atoms with Crippen LogP contribution in [0.5, 0.6) is 0 Å². The third kappa shape index (κ3) is 3.49. The Morgan fingerprint density at radius 1 is 1.29 bits per heavy atom. The molecule has 5 heteroatoms. The summed E-state index contributed by atoms with van der Waals surface area (Å²) in [6.45, 7) is 6.61. The highest BCUT2D eigenvalue weighted by Crippen LogP contribution is 2.17. The van der Waals surface area contributed by atoms with Crippen molar-refractivity contribution in [2.24, 2.45) is 0 Å². The number of aromatic carboxylic acids is 1. The van der Waals surface area contributed by atoms with Gasteiger partial charge in [-0.1, -0.05) is 18.2 Å². The molecule has 0 aliphatic heterocycles. The molecule has 0 aliphatic carbocycles. The lowest BCUT2D eigenvalue weighted by Crippen LogP contribution is -2.27. The van der Waals surface area contributed by atoms with E-state index in [1.807, 2.05) is 20.8 Å². The fraction of sp³-hybridized carbons (Fsp3) is 0.375. The number of hydrogen-bond acceptors (Lipinski definition) is 3. The van der Waals surface area contributed by atoms with Gasteiger partial charge in [0.2, 0.25) is 0 Å². The highest BCUT2D eigenvalue weighted by Gasteiger charge is 2.14. The van der Waals surface area contributed by atoms with Gasteiger partial charge in [-0.3, -0.25) is 4.79 Å². The lowest BCUT2D eigenvalue weighted by molar-refractivity contribution is -0.00673.